The molecule has 0 aliphatic rings. The maximum absolute atomic E-state index is 12.1. The minimum absolute atomic E-state index is 0.182. The third-order valence-electron chi connectivity index (χ3n) is 4.65. The molecule has 0 fully saturated rings. The van der Waals surface area contributed by atoms with Crippen LogP contribution in [-0.4, -0.2) is 29.1 Å². The Kier molecular flexibility index (Phi) is 5.10. The van der Waals surface area contributed by atoms with E-state index >= 15 is 0 Å². The van der Waals surface area contributed by atoms with Crippen molar-refractivity contribution in [3.8, 4) is 5.75 Å². The van der Waals surface area contributed by atoms with Gasteiger partial charge in [0.05, 0.1) is 12.8 Å². The quantitative estimate of drug-likeness (QED) is 0.542. The van der Waals surface area contributed by atoms with Crippen LogP contribution < -0.4 is 15.4 Å². The molecule has 0 aliphatic heterocycles. The fourth-order valence-electron chi connectivity index (χ4n) is 3.17. The number of carbonyl (C=O) groups is 1. The summed E-state index contributed by atoms with van der Waals surface area (Å²) >= 11 is 0. The molecule has 0 unspecified atom stereocenters. The van der Waals surface area contributed by atoms with Gasteiger partial charge in [-0.2, -0.15) is 0 Å². The standard InChI is InChI=1S/C22H22N4O2/c1-28-20-8-7-17-12-16(5-6-18(17)13-20)14-24-22(27)23-10-9-19-15-26-11-3-2-4-21(26)25-19/h2-8,11-13,15H,9-10,14H2,1H3,(H2,23,24,27). The second-order valence-electron chi connectivity index (χ2n) is 6.61. The molecule has 6 nitrogen and oxygen atoms in total. The van der Waals surface area contributed by atoms with Crippen LogP contribution in [0.25, 0.3) is 16.4 Å². The molecule has 4 aromatic rings. The lowest BCUT2D eigenvalue weighted by Gasteiger charge is -2.08. The smallest absolute Gasteiger partial charge is 0.315 e. The van der Waals surface area contributed by atoms with Crippen LogP contribution in [0.15, 0.2) is 67.0 Å². The van der Waals surface area contributed by atoms with E-state index in [1.165, 1.54) is 0 Å². The van der Waals surface area contributed by atoms with Gasteiger partial charge < -0.3 is 19.8 Å². The molecule has 0 atom stereocenters. The largest absolute Gasteiger partial charge is 0.497 e. The highest BCUT2D eigenvalue weighted by atomic mass is 16.5. The summed E-state index contributed by atoms with van der Waals surface area (Å²) in [5, 5.41) is 8.01. The molecule has 6 heteroatoms. The van der Waals surface area contributed by atoms with E-state index in [1.54, 1.807) is 7.11 Å². The second kappa shape index (κ2) is 8.00. The van der Waals surface area contributed by atoms with Crippen molar-refractivity contribution >= 4 is 22.5 Å². The lowest BCUT2D eigenvalue weighted by Crippen LogP contribution is -2.36. The van der Waals surface area contributed by atoms with E-state index in [4.69, 9.17) is 4.74 Å². The highest BCUT2D eigenvalue weighted by molar-refractivity contribution is 5.84. The number of nitrogens with one attached hydrogen (secondary N) is 2. The zero-order valence-electron chi connectivity index (χ0n) is 15.7. The lowest BCUT2D eigenvalue weighted by atomic mass is 10.1. The predicted molar refractivity (Wildman–Crippen MR) is 110 cm³/mol. The van der Waals surface area contributed by atoms with Gasteiger partial charge in [-0.15, -0.1) is 0 Å². The first-order chi connectivity index (χ1) is 13.7. The number of methoxy groups -OCH3 is 1. The third kappa shape index (κ3) is 4.06. The molecule has 28 heavy (non-hydrogen) atoms. The Bertz CT molecular complexity index is 1090. The Morgan fingerprint density at radius 3 is 2.79 bits per heavy atom. The summed E-state index contributed by atoms with van der Waals surface area (Å²) in [6.07, 6.45) is 4.64. The van der Waals surface area contributed by atoms with Gasteiger partial charge in [0.25, 0.3) is 0 Å². The van der Waals surface area contributed by atoms with Gasteiger partial charge in [-0.1, -0.05) is 24.3 Å². The van der Waals surface area contributed by atoms with Crippen molar-refractivity contribution in [2.75, 3.05) is 13.7 Å². The van der Waals surface area contributed by atoms with Crippen molar-refractivity contribution in [1.29, 1.82) is 0 Å². The number of rotatable bonds is 6. The van der Waals surface area contributed by atoms with Crippen LogP contribution in [0.2, 0.25) is 0 Å². The Morgan fingerprint density at radius 1 is 1.07 bits per heavy atom. The number of imidazole rings is 1. The van der Waals surface area contributed by atoms with Gasteiger partial charge in [0.15, 0.2) is 0 Å². The topological polar surface area (TPSA) is 67.7 Å². The molecular formula is C22H22N4O2. The number of benzene rings is 2. The molecular weight excluding hydrogens is 352 g/mol. The van der Waals surface area contributed by atoms with E-state index in [9.17, 15) is 4.79 Å². The van der Waals surface area contributed by atoms with Crippen LogP contribution in [0, 0.1) is 0 Å². The number of fused-ring (bicyclic) bond motifs is 2. The normalized spacial score (nSPS) is 10.9. The van der Waals surface area contributed by atoms with E-state index in [1.807, 2.05) is 65.3 Å². The highest BCUT2D eigenvalue weighted by Crippen LogP contribution is 2.21. The van der Waals surface area contributed by atoms with Crippen LogP contribution >= 0.6 is 0 Å². The number of aromatic nitrogens is 2. The molecule has 0 bridgehead atoms. The zero-order valence-corrected chi connectivity index (χ0v) is 15.7. The van der Waals surface area contributed by atoms with Gasteiger partial charge in [0, 0.05) is 31.9 Å². The summed E-state index contributed by atoms with van der Waals surface area (Å²) in [6.45, 7) is 1.01. The van der Waals surface area contributed by atoms with Gasteiger partial charge in [0.2, 0.25) is 0 Å². The summed E-state index contributed by atoms with van der Waals surface area (Å²) in [5.41, 5.74) is 2.92. The van der Waals surface area contributed by atoms with Crippen molar-refractivity contribution in [3.63, 3.8) is 0 Å². The molecule has 4 rings (SSSR count). The van der Waals surface area contributed by atoms with E-state index in [0.717, 1.165) is 33.4 Å². The lowest BCUT2D eigenvalue weighted by molar-refractivity contribution is 0.240. The summed E-state index contributed by atoms with van der Waals surface area (Å²) in [4.78, 5) is 16.6. The number of carbonyl (C=O) groups excluding carboxylic acids is 1. The third-order valence-corrected chi connectivity index (χ3v) is 4.65. The average molecular weight is 374 g/mol. The van der Waals surface area contributed by atoms with Crippen LogP contribution in [0.3, 0.4) is 0 Å². The first-order valence-electron chi connectivity index (χ1n) is 9.22. The van der Waals surface area contributed by atoms with Crippen molar-refractivity contribution < 1.29 is 9.53 Å². The Morgan fingerprint density at radius 2 is 1.93 bits per heavy atom. The van der Waals surface area contributed by atoms with Crippen molar-refractivity contribution in [2.45, 2.75) is 13.0 Å². The molecule has 2 amide bonds. The first kappa shape index (κ1) is 17.9. The Balaban J connectivity index is 1.27. The van der Waals surface area contributed by atoms with Crippen molar-refractivity contribution in [3.05, 3.63) is 78.2 Å². The van der Waals surface area contributed by atoms with Crippen LogP contribution in [0.4, 0.5) is 4.79 Å². The highest BCUT2D eigenvalue weighted by Gasteiger charge is 2.04. The average Bonchev–Trinajstić information content (AvgIpc) is 3.14. The minimum Gasteiger partial charge on any atom is -0.497 e. The van der Waals surface area contributed by atoms with Crippen LogP contribution in [0.1, 0.15) is 11.3 Å². The zero-order chi connectivity index (χ0) is 19.3. The van der Waals surface area contributed by atoms with E-state index in [0.29, 0.717) is 19.5 Å². The summed E-state index contributed by atoms with van der Waals surface area (Å²) < 4.78 is 7.22. The van der Waals surface area contributed by atoms with E-state index in [2.05, 4.69) is 21.7 Å². The molecule has 0 saturated carbocycles. The maximum Gasteiger partial charge on any atom is 0.315 e. The minimum atomic E-state index is -0.182. The molecule has 2 heterocycles. The molecule has 2 N–H and O–H groups in total. The monoisotopic (exact) mass is 374 g/mol. The molecule has 0 saturated heterocycles. The van der Waals surface area contributed by atoms with Crippen molar-refractivity contribution in [1.82, 2.24) is 20.0 Å². The predicted octanol–water partition coefficient (Wildman–Crippen LogP) is 3.54. The molecule has 142 valence electrons. The Labute approximate surface area is 163 Å². The first-order valence-corrected chi connectivity index (χ1v) is 9.22. The molecule has 2 aromatic heterocycles. The molecule has 0 spiro atoms. The van der Waals surface area contributed by atoms with E-state index in [-0.39, 0.29) is 6.03 Å². The number of hydrogen-bond donors (Lipinski definition) is 2. The van der Waals surface area contributed by atoms with E-state index < -0.39 is 0 Å². The fourth-order valence-corrected chi connectivity index (χ4v) is 3.17. The summed E-state index contributed by atoms with van der Waals surface area (Å²) in [7, 11) is 1.66. The van der Waals surface area contributed by atoms with Crippen molar-refractivity contribution in [2.24, 2.45) is 0 Å². The van der Waals surface area contributed by atoms with Crippen LogP contribution in [-0.2, 0) is 13.0 Å². The van der Waals surface area contributed by atoms with Gasteiger partial charge in [-0.05, 0) is 46.7 Å². The number of urea groups is 1. The van der Waals surface area contributed by atoms with Gasteiger partial charge >= 0.3 is 6.03 Å². The number of nitrogens with zero attached hydrogens (tertiary/aromatic N) is 2. The SMILES string of the molecule is COc1ccc2cc(CNC(=O)NCCc3cn4ccccc4n3)ccc2c1. The van der Waals surface area contributed by atoms with Crippen LogP contribution in [0.5, 0.6) is 5.75 Å². The second-order valence-corrected chi connectivity index (χ2v) is 6.61. The number of pyridine rings is 1. The molecule has 0 radical (unpaired) electrons. The Hall–Kier alpha value is -3.54. The summed E-state index contributed by atoms with van der Waals surface area (Å²) in [5.74, 6) is 0.836. The van der Waals surface area contributed by atoms with Gasteiger partial charge in [-0.3, -0.25) is 0 Å². The fraction of sp³-hybridized carbons (Fsp3) is 0.182. The van der Waals surface area contributed by atoms with Gasteiger partial charge in [0.1, 0.15) is 11.4 Å². The maximum atomic E-state index is 12.1. The summed E-state index contributed by atoms with van der Waals surface area (Å²) in [6, 6.07) is 17.8. The molecule has 0 aliphatic carbocycles. The number of amides is 2. The number of ether oxygens (including phenoxy) is 1. The molecule has 2 aromatic carbocycles. The number of hydrogen-bond acceptors (Lipinski definition) is 3. The van der Waals surface area contributed by atoms with Gasteiger partial charge in [-0.25, -0.2) is 9.78 Å².